The van der Waals surface area contributed by atoms with Crippen LogP contribution in [-0.4, -0.2) is 17.8 Å². The van der Waals surface area contributed by atoms with E-state index in [0.717, 1.165) is 18.7 Å². The van der Waals surface area contributed by atoms with E-state index in [2.05, 4.69) is 13.8 Å². The fraction of sp³-hybridized carbons (Fsp3) is 0.429. The van der Waals surface area contributed by atoms with E-state index in [1.165, 1.54) is 6.07 Å². The van der Waals surface area contributed by atoms with Crippen molar-refractivity contribution in [2.75, 3.05) is 13.2 Å². The Kier molecular flexibility index (Phi) is 3.79. The van der Waals surface area contributed by atoms with Crippen LogP contribution in [0.2, 0.25) is 0 Å². The second kappa shape index (κ2) is 5.32. The van der Waals surface area contributed by atoms with Gasteiger partial charge >= 0.3 is 0 Å². The number of fused-ring (bicyclic) bond motifs is 1. The fourth-order valence-electron chi connectivity index (χ4n) is 1.86. The van der Waals surface area contributed by atoms with Gasteiger partial charge in [0.15, 0.2) is 0 Å². The van der Waals surface area contributed by atoms with Crippen molar-refractivity contribution in [3.05, 3.63) is 36.3 Å². The maximum absolute atomic E-state index is 13.4. The lowest BCUT2D eigenvalue weighted by molar-refractivity contribution is 0.104. The van der Waals surface area contributed by atoms with Crippen LogP contribution in [0.15, 0.2) is 30.5 Å². The van der Waals surface area contributed by atoms with Gasteiger partial charge in [0.25, 0.3) is 0 Å². The number of ether oxygens (including phenoxy) is 1. The van der Waals surface area contributed by atoms with Crippen LogP contribution in [0, 0.1) is 11.7 Å². The standard InChI is InChI=1S/C14H18FNO/c1-11(2)10-17-9-8-16-7-6-12-13(15)4-3-5-14(12)16/h3-7,11H,8-10H2,1-2H3. The molecule has 0 amide bonds. The molecule has 17 heavy (non-hydrogen) atoms. The number of halogens is 1. The van der Waals surface area contributed by atoms with Gasteiger partial charge in [-0.15, -0.1) is 0 Å². The number of rotatable bonds is 5. The van der Waals surface area contributed by atoms with Gasteiger partial charge in [-0.3, -0.25) is 0 Å². The molecule has 0 atom stereocenters. The molecule has 3 heteroatoms. The Morgan fingerprint density at radius 2 is 2.12 bits per heavy atom. The van der Waals surface area contributed by atoms with Gasteiger partial charge in [0.2, 0.25) is 0 Å². The molecule has 92 valence electrons. The van der Waals surface area contributed by atoms with E-state index in [4.69, 9.17) is 4.74 Å². The summed E-state index contributed by atoms with van der Waals surface area (Å²) in [5.41, 5.74) is 0.929. The van der Waals surface area contributed by atoms with Gasteiger partial charge in [0.05, 0.1) is 12.1 Å². The van der Waals surface area contributed by atoms with Crippen molar-refractivity contribution in [2.24, 2.45) is 5.92 Å². The third kappa shape index (κ3) is 2.86. The molecule has 1 aromatic heterocycles. The van der Waals surface area contributed by atoms with E-state index in [0.29, 0.717) is 17.9 Å². The molecule has 2 aromatic rings. The molecule has 0 aliphatic heterocycles. The minimum Gasteiger partial charge on any atom is -0.379 e. The molecule has 0 saturated heterocycles. The summed E-state index contributed by atoms with van der Waals surface area (Å²) < 4.78 is 21.0. The maximum atomic E-state index is 13.4. The topological polar surface area (TPSA) is 14.2 Å². The highest BCUT2D eigenvalue weighted by atomic mass is 19.1. The Morgan fingerprint density at radius 3 is 2.88 bits per heavy atom. The number of nitrogens with zero attached hydrogens (tertiary/aromatic N) is 1. The highest BCUT2D eigenvalue weighted by molar-refractivity contribution is 5.80. The van der Waals surface area contributed by atoms with Crippen LogP contribution >= 0.6 is 0 Å². The summed E-state index contributed by atoms with van der Waals surface area (Å²) in [7, 11) is 0. The first kappa shape index (κ1) is 12.1. The highest BCUT2D eigenvalue weighted by Gasteiger charge is 2.04. The molecule has 0 unspecified atom stereocenters. The first-order valence-corrected chi connectivity index (χ1v) is 5.99. The molecular formula is C14H18FNO. The van der Waals surface area contributed by atoms with E-state index in [9.17, 15) is 4.39 Å². The number of hydrogen-bond donors (Lipinski definition) is 0. The van der Waals surface area contributed by atoms with Gasteiger partial charge in [0.1, 0.15) is 5.82 Å². The molecule has 0 radical (unpaired) electrons. The van der Waals surface area contributed by atoms with Crippen LogP contribution in [0.3, 0.4) is 0 Å². The van der Waals surface area contributed by atoms with Crippen LogP contribution in [0.4, 0.5) is 4.39 Å². The van der Waals surface area contributed by atoms with E-state index in [-0.39, 0.29) is 5.82 Å². The SMILES string of the molecule is CC(C)COCCn1ccc2c(F)cccc21. The van der Waals surface area contributed by atoms with Crippen LogP contribution in [0.5, 0.6) is 0 Å². The van der Waals surface area contributed by atoms with Crippen LogP contribution in [0.25, 0.3) is 10.9 Å². The lowest BCUT2D eigenvalue weighted by Crippen LogP contribution is -2.08. The fourth-order valence-corrected chi connectivity index (χ4v) is 1.86. The van der Waals surface area contributed by atoms with Gasteiger partial charge in [-0.05, 0) is 24.1 Å². The summed E-state index contributed by atoms with van der Waals surface area (Å²) in [6.45, 7) is 6.45. The molecule has 1 aromatic carbocycles. The van der Waals surface area contributed by atoms with E-state index in [1.54, 1.807) is 6.07 Å². The van der Waals surface area contributed by atoms with Gasteiger partial charge in [-0.25, -0.2) is 4.39 Å². The first-order chi connectivity index (χ1) is 8.18. The Morgan fingerprint density at radius 1 is 1.29 bits per heavy atom. The molecular weight excluding hydrogens is 217 g/mol. The van der Waals surface area contributed by atoms with Crippen molar-refractivity contribution in [3.8, 4) is 0 Å². The summed E-state index contributed by atoms with van der Waals surface area (Å²) in [5, 5.41) is 0.677. The Balaban J connectivity index is 2.02. The lowest BCUT2D eigenvalue weighted by Gasteiger charge is -2.08. The number of benzene rings is 1. The minimum absolute atomic E-state index is 0.163. The minimum atomic E-state index is -0.163. The normalized spacial score (nSPS) is 11.5. The Hall–Kier alpha value is -1.35. The predicted molar refractivity (Wildman–Crippen MR) is 67.6 cm³/mol. The molecule has 0 N–H and O–H groups in total. The second-order valence-corrected chi connectivity index (χ2v) is 4.65. The third-order valence-corrected chi connectivity index (χ3v) is 2.69. The molecule has 0 aliphatic rings. The smallest absolute Gasteiger partial charge is 0.132 e. The Labute approximate surface area is 101 Å². The van der Waals surface area contributed by atoms with Gasteiger partial charge in [-0.2, -0.15) is 0 Å². The van der Waals surface area contributed by atoms with E-state index in [1.807, 2.05) is 22.9 Å². The van der Waals surface area contributed by atoms with Crippen molar-refractivity contribution in [3.63, 3.8) is 0 Å². The van der Waals surface area contributed by atoms with Crippen LogP contribution < -0.4 is 0 Å². The monoisotopic (exact) mass is 235 g/mol. The number of aromatic nitrogens is 1. The zero-order chi connectivity index (χ0) is 12.3. The molecule has 2 nitrogen and oxygen atoms in total. The van der Waals surface area contributed by atoms with Crippen LogP contribution in [0.1, 0.15) is 13.8 Å². The zero-order valence-corrected chi connectivity index (χ0v) is 10.3. The van der Waals surface area contributed by atoms with Crippen molar-refractivity contribution in [2.45, 2.75) is 20.4 Å². The first-order valence-electron chi connectivity index (χ1n) is 5.99. The summed E-state index contributed by atoms with van der Waals surface area (Å²) >= 11 is 0. The molecule has 0 bridgehead atoms. The Bertz CT molecular complexity index is 490. The molecule has 2 rings (SSSR count). The highest BCUT2D eigenvalue weighted by Crippen LogP contribution is 2.18. The average Bonchev–Trinajstić information content (AvgIpc) is 2.69. The average molecular weight is 235 g/mol. The molecule has 0 spiro atoms. The van der Waals surface area contributed by atoms with Crippen molar-refractivity contribution < 1.29 is 9.13 Å². The summed E-state index contributed by atoms with van der Waals surface area (Å²) in [5.74, 6) is 0.387. The van der Waals surface area contributed by atoms with E-state index < -0.39 is 0 Å². The van der Waals surface area contributed by atoms with Gasteiger partial charge in [0, 0.05) is 24.7 Å². The maximum Gasteiger partial charge on any atom is 0.132 e. The molecule has 0 aliphatic carbocycles. The van der Waals surface area contributed by atoms with Gasteiger partial charge in [-0.1, -0.05) is 19.9 Å². The summed E-state index contributed by atoms with van der Waals surface area (Å²) in [6.07, 6.45) is 1.91. The lowest BCUT2D eigenvalue weighted by atomic mass is 10.2. The van der Waals surface area contributed by atoms with Gasteiger partial charge < -0.3 is 9.30 Å². The largest absolute Gasteiger partial charge is 0.379 e. The molecule has 0 fully saturated rings. The number of hydrogen-bond acceptors (Lipinski definition) is 1. The third-order valence-electron chi connectivity index (χ3n) is 2.69. The quantitative estimate of drug-likeness (QED) is 0.724. The van der Waals surface area contributed by atoms with E-state index >= 15 is 0 Å². The van der Waals surface area contributed by atoms with Crippen molar-refractivity contribution in [1.82, 2.24) is 4.57 Å². The van der Waals surface area contributed by atoms with Crippen molar-refractivity contribution in [1.29, 1.82) is 0 Å². The predicted octanol–water partition coefficient (Wildman–Crippen LogP) is 3.45. The zero-order valence-electron chi connectivity index (χ0n) is 10.3. The van der Waals surface area contributed by atoms with Crippen LogP contribution in [-0.2, 0) is 11.3 Å². The molecule has 0 saturated carbocycles. The molecule has 1 heterocycles. The van der Waals surface area contributed by atoms with Crippen molar-refractivity contribution >= 4 is 10.9 Å². The summed E-state index contributed by atoms with van der Waals surface area (Å²) in [6, 6.07) is 6.97. The summed E-state index contributed by atoms with van der Waals surface area (Å²) in [4.78, 5) is 0. The second-order valence-electron chi connectivity index (χ2n) is 4.65.